The number of aromatic carboxylic acids is 1. The first-order valence-corrected chi connectivity index (χ1v) is 4.95. The average Bonchev–Trinajstić information content (AvgIpc) is 2.65. The highest BCUT2D eigenvalue weighted by atomic mass is 16.4. The van der Waals surface area contributed by atoms with Crippen molar-refractivity contribution in [2.45, 2.75) is 6.42 Å². The van der Waals surface area contributed by atoms with E-state index in [1.807, 2.05) is 23.9 Å². The first-order chi connectivity index (χ1) is 7.66. The molecule has 0 aliphatic heterocycles. The Morgan fingerprint density at radius 3 is 2.94 bits per heavy atom. The Balaban J connectivity index is 2.25. The van der Waals surface area contributed by atoms with Crippen LogP contribution in [0.25, 0.3) is 0 Å². The van der Waals surface area contributed by atoms with Gasteiger partial charge in [0.2, 0.25) is 0 Å². The van der Waals surface area contributed by atoms with Crippen LogP contribution in [0.5, 0.6) is 0 Å². The molecule has 4 nitrogen and oxygen atoms in total. The van der Waals surface area contributed by atoms with E-state index in [0.29, 0.717) is 12.0 Å². The van der Waals surface area contributed by atoms with Gasteiger partial charge in [-0.2, -0.15) is 0 Å². The molecule has 0 atom stereocenters. The van der Waals surface area contributed by atoms with Crippen LogP contribution >= 0.6 is 0 Å². The van der Waals surface area contributed by atoms with Crippen LogP contribution in [0.3, 0.4) is 0 Å². The highest BCUT2D eigenvalue weighted by Crippen LogP contribution is 2.10. The van der Waals surface area contributed by atoms with Gasteiger partial charge in [0.05, 0.1) is 5.56 Å². The van der Waals surface area contributed by atoms with E-state index in [-0.39, 0.29) is 0 Å². The van der Waals surface area contributed by atoms with Gasteiger partial charge in [-0.3, -0.25) is 0 Å². The van der Waals surface area contributed by atoms with E-state index >= 15 is 0 Å². The molecule has 0 radical (unpaired) electrons. The van der Waals surface area contributed by atoms with Crippen LogP contribution in [0, 0.1) is 0 Å². The molecule has 1 aromatic heterocycles. The number of carbonyl (C=O) groups is 1. The van der Waals surface area contributed by atoms with Crippen molar-refractivity contribution in [1.82, 2.24) is 9.55 Å². The van der Waals surface area contributed by atoms with Gasteiger partial charge in [0.25, 0.3) is 0 Å². The molecule has 1 aromatic carbocycles. The number of benzene rings is 1. The summed E-state index contributed by atoms with van der Waals surface area (Å²) >= 11 is 0. The van der Waals surface area contributed by atoms with Crippen LogP contribution in [0.4, 0.5) is 0 Å². The van der Waals surface area contributed by atoms with E-state index in [9.17, 15) is 4.79 Å². The lowest BCUT2D eigenvalue weighted by molar-refractivity contribution is 0.0697. The average molecular weight is 216 g/mol. The standard InChI is InChI=1S/C12H12N2O2/c1-14-6-5-13-11(14)8-9-3-2-4-10(7-9)12(15)16/h2-7H,8H2,1H3,(H,15,16). The molecular formula is C12H12N2O2. The zero-order chi connectivity index (χ0) is 11.5. The minimum Gasteiger partial charge on any atom is -0.478 e. The number of rotatable bonds is 3. The molecule has 4 heteroatoms. The zero-order valence-electron chi connectivity index (χ0n) is 8.92. The number of hydrogen-bond acceptors (Lipinski definition) is 2. The molecule has 0 saturated carbocycles. The third-order valence-electron chi connectivity index (χ3n) is 2.46. The topological polar surface area (TPSA) is 55.1 Å². The summed E-state index contributed by atoms with van der Waals surface area (Å²) in [4.78, 5) is 15.0. The second kappa shape index (κ2) is 4.18. The Kier molecular flexibility index (Phi) is 2.72. The maximum atomic E-state index is 10.8. The van der Waals surface area contributed by atoms with Crippen LogP contribution in [0.15, 0.2) is 36.7 Å². The number of carboxylic acid groups (broad SMARTS) is 1. The molecule has 0 bridgehead atoms. The normalized spacial score (nSPS) is 10.3. The van der Waals surface area contributed by atoms with Crippen LogP contribution in [0.2, 0.25) is 0 Å². The monoisotopic (exact) mass is 216 g/mol. The van der Waals surface area contributed by atoms with Gasteiger partial charge in [-0.1, -0.05) is 12.1 Å². The highest BCUT2D eigenvalue weighted by molar-refractivity contribution is 5.87. The summed E-state index contributed by atoms with van der Waals surface area (Å²) in [5.74, 6) is 0.0178. The second-order valence-electron chi connectivity index (χ2n) is 3.64. The number of aryl methyl sites for hydroxylation is 1. The van der Waals surface area contributed by atoms with Crippen LogP contribution < -0.4 is 0 Å². The molecular weight excluding hydrogens is 204 g/mol. The fourth-order valence-electron chi connectivity index (χ4n) is 1.56. The van der Waals surface area contributed by atoms with Gasteiger partial charge >= 0.3 is 5.97 Å². The number of aromatic nitrogens is 2. The van der Waals surface area contributed by atoms with Crippen molar-refractivity contribution in [3.05, 3.63) is 53.6 Å². The Morgan fingerprint density at radius 2 is 2.31 bits per heavy atom. The van der Waals surface area contributed by atoms with Crippen molar-refractivity contribution < 1.29 is 9.90 Å². The molecule has 16 heavy (non-hydrogen) atoms. The van der Waals surface area contributed by atoms with E-state index in [0.717, 1.165) is 11.4 Å². The molecule has 0 saturated heterocycles. The van der Waals surface area contributed by atoms with E-state index < -0.39 is 5.97 Å². The van der Waals surface area contributed by atoms with Crippen molar-refractivity contribution >= 4 is 5.97 Å². The molecule has 2 aromatic rings. The largest absolute Gasteiger partial charge is 0.478 e. The number of nitrogens with zero attached hydrogens (tertiary/aromatic N) is 2. The summed E-state index contributed by atoms with van der Waals surface area (Å²) in [5.41, 5.74) is 1.26. The predicted molar refractivity (Wildman–Crippen MR) is 59.4 cm³/mol. The maximum Gasteiger partial charge on any atom is 0.335 e. The van der Waals surface area contributed by atoms with Gasteiger partial charge in [0.1, 0.15) is 5.82 Å². The van der Waals surface area contributed by atoms with Gasteiger partial charge in [-0.05, 0) is 17.7 Å². The summed E-state index contributed by atoms with van der Waals surface area (Å²) < 4.78 is 1.92. The predicted octanol–water partition coefficient (Wildman–Crippen LogP) is 1.71. The number of carboxylic acids is 1. The van der Waals surface area contributed by atoms with Crippen LogP contribution in [-0.4, -0.2) is 20.6 Å². The smallest absolute Gasteiger partial charge is 0.335 e. The van der Waals surface area contributed by atoms with Crippen molar-refractivity contribution in [2.24, 2.45) is 7.05 Å². The fourth-order valence-corrected chi connectivity index (χ4v) is 1.56. The van der Waals surface area contributed by atoms with Gasteiger partial charge in [0, 0.05) is 25.9 Å². The molecule has 0 unspecified atom stereocenters. The first kappa shape index (κ1) is 10.4. The van der Waals surface area contributed by atoms with Crippen molar-refractivity contribution in [2.75, 3.05) is 0 Å². The molecule has 0 aliphatic rings. The Hall–Kier alpha value is -2.10. The number of hydrogen-bond donors (Lipinski definition) is 1. The van der Waals surface area contributed by atoms with Crippen molar-refractivity contribution in [1.29, 1.82) is 0 Å². The molecule has 0 amide bonds. The minimum absolute atomic E-state index is 0.312. The fraction of sp³-hybridized carbons (Fsp3) is 0.167. The van der Waals surface area contributed by atoms with Crippen molar-refractivity contribution in [3.8, 4) is 0 Å². The van der Waals surface area contributed by atoms with E-state index in [1.165, 1.54) is 0 Å². The van der Waals surface area contributed by atoms with Gasteiger partial charge < -0.3 is 9.67 Å². The highest BCUT2D eigenvalue weighted by Gasteiger charge is 2.05. The zero-order valence-corrected chi connectivity index (χ0v) is 8.92. The van der Waals surface area contributed by atoms with E-state index in [2.05, 4.69) is 4.98 Å². The second-order valence-corrected chi connectivity index (χ2v) is 3.64. The van der Waals surface area contributed by atoms with Crippen molar-refractivity contribution in [3.63, 3.8) is 0 Å². The van der Waals surface area contributed by atoms with Crippen LogP contribution in [-0.2, 0) is 13.5 Å². The Morgan fingerprint density at radius 1 is 1.50 bits per heavy atom. The van der Waals surface area contributed by atoms with Gasteiger partial charge in [-0.15, -0.1) is 0 Å². The van der Waals surface area contributed by atoms with Gasteiger partial charge in [0.15, 0.2) is 0 Å². The molecule has 1 N–H and O–H groups in total. The first-order valence-electron chi connectivity index (χ1n) is 4.95. The van der Waals surface area contributed by atoms with Crippen LogP contribution in [0.1, 0.15) is 21.7 Å². The van der Waals surface area contributed by atoms with E-state index in [4.69, 9.17) is 5.11 Å². The third kappa shape index (κ3) is 2.11. The molecule has 2 rings (SSSR count). The summed E-state index contributed by atoms with van der Waals surface area (Å²) in [7, 11) is 1.92. The van der Waals surface area contributed by atoms with E-state index in [1.54, 1.807) is 24.4 Å². The summed E-state index contributed by atoms with van der Waals surface area (Å²) in [6, 6.07) is 6.92. The summed E-state index contributed by atoms with van der Waals surface area (Å²) in [6.07, 6.45) is 4.25. The minimum atomic E-state index is -0.901. The Labute approximate surface area is 93.2 Å². The van der Waals surface area contributed by atoms with Gasteiger partial charge in [-0.25, -0.2) is 9.78 Å². The molecule has 0 fully saturated rings. The molecule has 0 spiro atoms. The Bertz CT molecular complexity index is 517. The molecule has 1 heterocycles. The maximum absolute atomic E-state index is 10.8. The summed E-state index contributed by atoms with van der Waals surface area (Å²) in [5, 5.41) is 8.87. The lowest BCUT2D eigenvalue weighted by Crippen LogP contribution is -2.01. The quantitative estimate of drug-likeness (QED) is 0.849. The third-order valence-corrected chi connectivity index (χ3v) is 2.46. The molecule has 82 valence electrons. The lowest BCUT2D eigenvalue weighted by Gasteiger charge is -2.03. The number of imidazole rings is 1. The summed E-state index contributed by atoms with van der Waals surface area (Å²) in [6.45, 7) is 0. The SMILES string of the molecule is Cn1ccnc1Cc1cccc(C(=O)O)c1. The lowest BCUT2D eigenvalue weighted by atomic mass is 10.1. The molecule has 0 aliphatic carbocycles.